The molecule has 0 bridgehead atoms. The van der Waals surface area contributed by atoms with Crippen molar-refractivity contribution in [2.24, 2.45) is 0 Å². The molecule has 0 rings (SSSR count). The van der Waals surface area contributed by atoms with E-state index in [1.807, 2.05) is 6.92 Å². The molecule has 0 N–H and O–H groups in total. The molecular formula is C22H40ClF3O3. The van der Waals surface area contributed by atoms with Crippen molar-refractivity contribution in [2.75, 3.05) is 13.2 Å². The first kappa shape index (κ1) is 28.5. The number of halogens is 4. The minimum Gasteiger partial charge on any atom is -0.466 e. The first-order chi connectivity index (χ1) is 13.8. The number of unbranched alkanes of at least 4 members (excludes halogenated alkanes) is 8. The van der Waals surface area contributed by atoms with Gasteiger partial charge in [-0.3, -0.25) is 4.79 Å². The third-order valence-corrected chi connectivity index (χ3v) is 5.33. The average Bonchev–Trinajstić information content (AvgIpc) is 2.65. The standard InChI is InChI=1S/C22H40ClF3O3/c1-3-5-7-8-9-10-11-12-17-28-21(27)16-13-14-19(23)20(15-6-4-2)29-18-22(24,25)26/h19-20H,3-18H2,1-2H3. The van der Waals surface area contributed by atoms with E-state index in [2.05, 4.69) is 6.92 Å². The van der Waals surface area contributed by atoms with E-state index in [9.17, 15) is 18.0 Å². The van der Waals surface area contributed by atoms with Crippen molar-refractivity contribution in [3.63, 3.8) is 0 Å². The topological polar surface area (TPSA) is 35.5 Å². The van der Waals surface area contributed by atoms with Gasteiger partial charge in [0, 0.05) is 6.42 Å². The largest absolute Gasteiger partial charge is 0.466 e. The predicted octanol–water partition coefficient (Wildman–Crippen LogP) is 7.59. The number of alkyl halides is 4. The van der Waals surface area contributed by atoms with Gasteiger partial charge in [-0.1, -0.05) is 71.6 Å². The third kappa shape index (κ3) is 19.2. The molecule has 0 radical (unpaired) electrons. The van der Waals surface area contributed by atoms with Crippen LogP contribution in [0, 0.1) is 0 Å². The number of hydrogen-bond acceptors (Lipinski definition) is 3. The number of carbonyl (C=O) groups excluding carboxylic acids is 1. The summed E-state index contributed by atoms with van der Waals surface area (Å²) in [5.74, 6) is -0.266. The molecule has 0 amide bonds. The van der Waals surface area contributed by atoms with E-state index in [1.54, 1.807) is 0 Å². The Balaban J connectivity index is 3.84. The minimum absolute atomic E-state index is 0.236. The molecule has 0 aromatic heterocycles. The zero-order valence-corrected chi connectivity index (χ0v) is 19.0. The zero-order chi connectivity index (χ0) is 22.0. The molecule has 0 spiro atoms. The summed E-state index contributed by atoms with van der Waals surface area (Å²) in [4.78, 5) is 11.8. The molecule has 0 aliphatic rings. The van der Waals surface area contributed by atoms with Crippen LogP contribution < -0.4 is 0 Å². The second kappa shape index (κ2) is 18.3. The smallest absolute Gasteiger partial charge is 0.411 e. The van der Waals surface area contributed by atoms with Gasteiger partial charge in [-0.2, -0.15) is 13.2 Å². The molecule has 7 heteroatoms. The van der Waals surface area contributed by atoms with E-state index >= 15 is 0 Å². The molecular weight excluding hydrogens is 405 g/mol. The summed E-state index contributed by atoms with van der Waals surface area (Å²) in [7, 11) is 0. The van der Waals surface area contributed by atoms with Crippen molar-refractivity contribution in [3.05, 3.63) is 0 Å². The van der Waals surface area contributed by atoms with E-state index in [0.29, 0.717) is 25.9 Å². The van der Waals surface area contributed by atoms with Crippen molar-refractivity contribution in [2.45, 2.75) is 121 Å². The summed E-state index contributed by atoms with van der Waals surface area (Å²) in [6.07, 6.45) is 7.74. The molecule has 0 aromatic rings. The van der Waals surface area contributed by atoms with Gasteiger partial charge < -0.3 is 9.47 Å². The fourth-order valence-corrected chi connectivity index (χ4v) is 3.45. The maximum absolute atomic E-state index is 12.4. The second-order valence-electron chi connectivity index (χ2n) is 7.71. The van der Waals surface area contributed by atoms with Gasteiger partial charge in [0.2, 0.25) is 0 Å². The van der Waals surface area contributed by atoms with Gasteiger partial charge in [-0.25, -0.2) is 0 Å². The molecule has 2 unspecified atom stereocenters. The van der Waals surface area contributed by atoms with E-state index < -0.39 is 24.3 Å². The van der Waals surface area contributed by atoms with E-state index in [4.69, 9.17) is 21.1 Å². The van der Waals surface area contributed by atoms with Crippen molar-refractivity contribution in [1.82, 2.24) is 0 Å². The van der Waals surface area contributed by atoms with Crippen LogP contribution in [0.25, 0.3) is 0 Å². The number of ether oxygens (including phenoxy) is 2. The first-order valence-corrected chi connectivity index (χ1v) is 11.7. The Labute approximate surface area is 180 Å². The van der Waals surface area contributed by atoms with Crippen molar-refractivity contribution < 1.29 is 27.4 Å². The van der Waals surface area contributed by atoms with E-state index in [-0.39, 0.29) is 12.4 Å². The van der Waals surface area contributed by atoms with Gasteiger partial charge in [0.05, 0.1) is 18.1 Å². The fourth-order valence-electron chi connectivity index (χ4n) is 3.10. The third-order valence-electron chi connectivity index (χ3n) is 4.83. The van der Waals surface area contributed by atoms with Crippen molar-refractivity contribution >= 4 is 17.6 Å². The Hall–Kier alpha value is -0.490. The molecule has 0 saturated carbocycles. The van der Waals surface area contributed by atoms with Gasteiger partial charge in [0.1, 0.15) is 6.61 Å². The Morgan fingerprint density at radius 1 is 0.862 bits per heavy atom. The Bertz CT molecular complexity index is 392. The second-order valence-corrected chi connectivity index (χ2v) is 8.27. The van der Waals surface area contributed by atoms with Crippen LogP contribution in [0.3, 0.4) is 0 Å². The normalized spacial score (nSPS) is 14.0. The SMILES string of the molecule is CCCCCCCCCCOC(=O)CCCC(Cl)C(CCCC)OCC(F)(F)F. The molecule has 174 valence electrons. The van der Waals surface area contributed by atoms with E-state index in [0.717, 1.165) is 25.7 Å². The molecule has 0 aliphatic carbocycles. The van der Waals surface area contributed by atoms with Gasteiger partial charge in [-0.15, -0.1) is 11.6 Å². The quantitative estimate of drug-likeness (QED) is 0.117. The highest BCUT2D eigenvalue weighted by molar-refractivity contribution is 6.21. The maximum atomic E-state index is 12.4. The molecule has 0 aromatic carbocycles. The molecule has 0 fully saturated rings. The lowest BCUT2D eigenvalue weighted by atomic mass is 10.0. The van der Waals surface area contributed by atoms with Crippen molar-refractivity contribution in [1.29, 1.82) is 0 Å². The highest BCUT2D eigenvalue weighted by atomic mass is 35.5. The Morgan fingerprint density at radius 2 is 1.45 bits per heavy atom. The lowest BCUT2D eigenvalue weighted by Crippen LogP contribution is -2.30. The van der Waals surface area contributed by atoms with E-state index in [1.165, 1.54) is 38.5 Å². The lowest BCUT2D eigenvalue weighted by Gasteiger charge is -2.23. The Morgan fingerprint density at radius 3 is 2.03 bits per heavy atom. The zero-order valence-electron chi connectivity index (χ0n) is 18.2. The maximum Gasteiger partial charge on any atom is 0.411 e. The molecule has 29 heavy (non-hydrogen) atoms. The van der Waals surface area contributed by atoms with Crippen LogP contribution in [0.5, 0.6) is 0 Å². The molecule has 0 heterocycles. The summed E-state index contributed by atoms with van der Waals surface area (Å²) < 4.78 is 47.4. The highest BCUT2D eigenvalue weighted by Crippen LogP contribution is 2.23. The summed E-state index contributed by atoms with van der Waals surface area (Å²) in [5.41, 5.74) is 0. The molecule has 0 aliphatic heterocycles. The van der Waals surface area contributed by atoms with Crippen LogP contribution >= 0.6 is 11.6 Å². The summed E-state index contributed by atoms with van der Waals surface area (Å²) in [6, 6.07) is 0. The van der Waals surface area contributed by atoms with Crippen LogP contribution in [0.2, 0.25) is 0 Å². The Kier molecular flexibility index (Phi) is 18.0. The highest BCUT2D eigenvalue weighted by Gasteiger charge is 2.31. The van der Waals surface area contributed by atoms with Crippen LogP contribution in [-0.4, -0.2) is 36.8 Å². The van der Waals surface area contributed by atoms with Gasteiger partial charge >= 0.3 is 12.1 Å². The summed E-state index contributed by atoms with van der Waals surface area (Å²) in [6.45, 7) is 3.32. The summed E-state index contributed by atoms with van der Waals surface area (Å²) >= 11 is 6.26. The molecule has 3 nitrogen and oxygen atoms in total. The molecule has 2 atom stereocenters. The monoisotopic (exact) mass is 444 g/mol. The number of esters is 1. The average molecular weight is 445 g/mol. The van der Waals surface area contributed by atoms with Gasteiger partial charge in [-0.05, 0) is 25.7 Å². The van der Waals surface area contributed by atoms with Gasteiger partial charge in [0.15, 0.2) is 0 Å². The number of hydrogen-bond donors (Lipinski definition) is 0. The van der Waals surface area contributed by atoms with Crippen molar-refractivity contribution in [3.8, 4) is 0 Å². The molecule has 0 saturated heterocycles. The van der Waals surface area contributed by atoms with Crippen LogP contribution in [0.4, 0.5) is 13.2 Å². The predicted molar refractivity (Wildman–Crippen MR) is 112 cm³/mol. The van der Waals surface area contributed by atoms with Crippen LogP contribution in [0.1, 0.15) is 104 Å². The van der Waals surface area contributed by atoms with Crippen LogP contribution in [0.15, 0.2) is 0 Å². The van der Waals surface area contributed by atoms with Crippen LogP contribution in [-0.2, 0) is 14.3 Å². The van der Waals surface area contributed by atoms with Gasteiger partial charge in [0.25, 0.3) is 0 Å². The number of rotatable bonds is 19. The lowest BCUT2D eigenvalue weighted by molar-refractivity contribution is -0.186. The minimum atomic E-state index is -4.36. The number of carbonyl (C=O) groups is 1. The first-order valence-electron chi connectivity index (χ1n) is 11.3. The fraction of sp³-hybridized carbons (Fsp3) is 0.955. The summed E-state index contributed by atoms with van der Waals surface area (Å²) in [5, 5.41) is -0.538.